The van der Waals surface area contributed by atoms with Gasteiger partial charge in [0.25, 0.3) is 5.91 Å². The van der Waals surface area contributed by atoms with Gasteiger partial charge in [0.1, 0.15) is 0 Å². The number of primary amides is 1. The summed E-state index contributed by atoms with van der Waals surface area (Å²) in [5.41, 5.74) is 6.30. The molecule has 1 atom stereocenters. The van der Waals surface area contributed by atoms with E-state index in [0.29, 0.717) is 10.6 Å². The van der Waals surface area contributed by atoms with Crippen LogP contribution < -0.4 is 5.73 Å². The summed E-state index contributed by atoms with van der Waals surface area (Å²) in [5.74, 6) is -1.53. The fourth-order valence-electron chi connectivity index (χ4n) is 3.05. The average Bonchev–Trinajstić information content (AvgIpc) is 2.69. The Morgan fingerprint density at radius 3 is 2.41 bits per heavy atom. The first-order chi connectivity index (χ1) is 12.9. The summed E-state index contributed by atoms with van der Waals surface area (Å²) in [7, 11) is 0. The Balaban J connectivity index is 1.90. The molecular formula is C21H19BrN2O3. The van der Waals surface area contributed by atoms with Crippen LogP contribution in [0.2, 0.25) is 0 Å². The SMILES string of the molecule is NC(=O)C1(C(=O)N(O)Cc2ccc(Br)cc2)C=C(c2ccccc2)C=CC1. The van der Waals surface area contributed by atoms with Crippen molar-refractivity contribution in [1.82, 2.24) is 5.06 Å². The lowest BCUT2D eigenvalue weighted by Crippen LogP contribution is -2.49. The van der Waals surface area contributed by atoms with Gasteiger partial charge >= 0.3 is 0 Å². The van der Waals surface area contributed by atoms with Crippen LogP contribution in [0.15, 0.2) is 77.3 Å². The van der Waals surface area contributed by atoms with Crippen molar-refractivity contribution in [2.24, 2.45) is 11.1 Å². The summed E-state index contributed by atoms with van der Waals surface area (Å²) in [5, 5.41) is 10.9. The Morgan fingerprint density at radius 1 is 1.11 bits per heavy atom. The topological polar surface area (TPSA) is 83.6 Å². The number of hydroxylamine groups is 2. The van der Waals surface area contributed by atoms with Crippen LogP contribution in [0, 0.1) is 5.41 Å². The Morgan fingerprint density at radius 2 is 1.78 bits per heavy atom. The number of benzene rings is 2. The molecule has 3 N–H and O–H groups in total. The molecule has 2 amide bonds. The first kappa shape index (κ1) is 19.1. The van der Waals surface area contributed by atoms with E-state index in [1.807, 2.05) is 48.5 Å². The number of nitrogens with zero attached hydrogens (tertiary/aromatic N) is 1. The molecule has 0 spiro atoms. The Hall–Kier alpha value is -2.70. The highest BCUT2D eigenvalue weighted by Crippen LogP contribution is 2.36. The van der Waals surface area contributed by atoms with E-state index in [0.717, 1.165) is 15.6 Å². The summed E-state index contributed by atoms with van der Waals surface area (Å²) in [4.78, 5) is 25.3. The number of nitrogens with two attached hydrogens (primary N) is 1. The smallest absolute Gasteiger partial charge is 0.266 e. The third-order valence-electron chi connectivity index (χ3n) is 4.55. The number of rotatable bonds is 5. The quantitative estimate of drug-likeness (QED) is 0.434. The van der Waals surface area contributed by atoms with E-state index in [1.54, 1.807) is 24.3 Å². The lowest BCUT2D eigenvalue weighted by atomic mass is 9.76. The monoisotopic (exact) mass is 426 g/mol. The summed E-state index contributed by atoms with van der Waals surface area (Å²) >= 11 is 3.34. The predicted molar refractivity (Wildman–Crippen MR) is 106 cm³/mol. The zero-order valence-electron chi connectivity index (χ0n) is 14.5. The van der Waals surface area contributed by atoms with E-state index in [9.17, 15) is 14.8 Å². The normalized spacial score (nSPS) is 18.7. The van der Waals surface area contributed by atoms with Crippen LogP contribution in [-0.2, 0) is 16.1 Å². The van der Waals surface area contributed by atoms with Crippen molar-refractivity contribution in [3.05, 3.63) is 88.4 Å². The molecule has 0 radical (unpaired) electrons. The minimum atomic E-state index is -1.62. The third-order valence-corrected chi connectivity index (χ3v) is 5.08. The molecule has 2 aromatic carbocycles. The van der Waals surface area contributed by atoms with Gasteiger partial charge in [0.2, 0.25) is 5.91 Å². The Kier molecular flexibility index (Phi) is 5.58. The van der Waals surface area contributed by atoms with Crippen LogP contribution in [0.3, 0.4) is 0 Å². The van der Waals surface area contributed by atoms with Gasteiger partial charge in [-0.2, -0.15) is 0 Å². The van der Waals surface area contributed by atoms with Crippen molar-refractivity contribution in [2.75, 3.05) is 0 Å². The number of amides is 2. The van der Waals surface area contributed by atoms with Crippen LogP contribution in [0.1, 0.15) is 17.5 Å². The summed E-state index contributed by atoms with van der Waals surface area (Å²) in [6.45, 7) is -0.0423. The van der Waals surface area contributed by atoms with Gasteiger partial charge in [-0.25, -0.2) is 5.06 Å². The van der Waals surface area contributed by atoms with Crippen molar-refractivity contribution >= 4 is 33.3 Å². The molecule has 1 aliphatic rings. The van der Waals surface area contributed by atoms with E-state index in [4.69, 9.17) is 5.73 Å². The highest BCUT2D eigenvalue weighted by Gasteiger charge is 2.45. The maximum Gasteiger partial charge on any atom is 0.266 e. The molecule has 0 aromatic heterocycles. The number of allylic oxidation sites excluding steroid dienone is 3. The molecule has 3 rings (SSSR count). The molecule has 0 bridgehead atoms. The third kappa shape index (κ3) is 4.02. The zero-order valence-corrected chi connectivity index (χ0v) is 16.1. The van der Waals surface area contributed by atoms with Gasteiger partial charge in [0, 0.05) is 4.47 Å². The second-order valence-corrected chi connectivity index (χ2v) is 7.31. The molecule has 5 nitrogen and oxygen atoms in total. The molecule has 138 valence electrons. The number of carbonyl (C=O) groups is 2. The molecule has 27 heavy (non-hydrogen) atoms. The average molecular weight is 427 g/mol. The van der Waals surface area contributed by atoms with Gasteiger partial charge in [-0.3, -0.25) is 14.8 Å². The van der Waals surface area contributed by atoms with Gasteiger partial charge < -0.3 is 5.73 Å². The molecule has 0 saturated heterocycles. The first-order valence-corrected chi connectivity index (χ1v) is 9.22. The summed E-state index contributed by atoms with van der Waals surface area (Å²) in [6.07, 6.45) is 5.24. The van der Waals surface area contributed by atoms with Gasteiger partial charge in [-0.15, -0.1) is 0 Å². The fraction of sp³-hybridized carbons (Fsp3) is 0.143. The molecular weight excluding hydrogens is 408 g/mol. The first-order valence-electron chi connectivity index (χ1n) is 8.42. The largest absolute Gasteiger partial charge is 0.368 e. The molecule has 1 aliphatic carbocycles. The number of carbonyl (C=O) groups excluding carboxylic acids is 2. The van der Waals surface area contributed by atoms with Crippen molar-refractivity contribution in [2.45, 2.75) is 13.0 Å². The summed E-state index contributed by atoms with van der Waals surface area (Å²) < 4.78 is 0.892. The van der Waals surface area contributed by atoms with Crippen molar-refractivity contribution in [3.8, 4) is 0 Å². The van der Waals surface area contributed by atoms with Crippen LogP contribution in [0.25, 0.3) is 5.57 Å². The van der Waals surface area contributed by atoms with Crippen molar-refractivity contribution in [3.63, 3.8) is 0 Å². The van der Waals surface area contributed by atoms with Crippen LogP contribution in [-0.4, -0.2) is 22.1 Å². The maximum absolute atomic E-state index is 13.0. The molecule has 1 unspecified atom stereocenters. The minimum absolute atomic E-state index is 0.0423. The lowest BCUT2D eigenvalue weighted by Gasteiger charge is -2.31. The van der Waals surface area contributed by atoms with Crippen LogP contribution in [0.4, 0.5) is 0 Å². The number of hydrogen-bond acceptors (Lipinski definition) is 3. The second kappa shape index (κ2) is 7.90. The van der Waals surface area contributed by atoms with Gasteiger partial charge in [-0.05, 0) is 35.3 Å². The van der Waals surface area contributed by atoms with E-state index in [1.165, 1.54) is 0 Å². The number of hydrogen-bond donors (Lipinski definition) is 2. The van der Waals surface area contributed by atoms with E-state index >= 15 is 0 Å². The molecule has 0 fully saturated rings. The van der Waals surface area contributed by atoms with E-state index in [2.05, 4.69) is 15.9 Å². The molecule has 0 saturated carbocycles. The van der Waals surface area contributed by atoms with E-state index < -0.39 is 17.2 Å². The minimum Gasteiger partial charge on any atom is -0.368 e. The van der Waals surface area contributed by atoms with Crippen LogP contribution in [0.5, 0.6) is 0 Å². The molecule has 6 heteroatoms. The molecule has 0 aliphatic heterocycles. The van der Waals surface area contributed by atoms with Crippen molar-refractivity contribution < 1.29 is 14.8 Å². The highest BCUT2D eigenvalue weighted by molar-refractivity contribution is 9.10. The highest BCUT2D eigenvalue weighted by atomic mass is 79.9. The molecule has 0 heterocycles. The number of halogens is 1. The fourth-order valence-corrected chi connectivity index (χ4v) is 3.31. The van der Waals surface area contributed by atoms with Gasteiger partial charge in [-0.1, -0.05) is 76.6 Å². The molecule has 2 aromatic rings. The Bertz CT molecular complexity index is 907. The van der Waals surface area contributed by atoms with Gasteiger partial charge in [0.15, 0.2) is 5.41 Å². The second-order valence-electron chi connectivity index (χ2n) is 6.40. The predicted octanol–water partition coefficient (Wildman–Crippen LogP) is 3.68. The van der Waals surface area contributed by atoms with Crippen LogP contribution >= 0.6 is 15.9 Å². The zero-order chi connectivity index (χ0) is 19.4. The van der Waals surface area contributed by atoms with Crippen molar-refractivity contribution in [1.29, 1.82) is 0 Å². The lowest BCUT2D eigenvalue weighted by molar-refractivity contribution is -0.178. The van der Waals surface area contributed by atoms with Gasteiger partial charge in [0.05, 0.1) is 6.54 Å². The standard InChI is InChI=1S/C21H19BrN2O3/c22-18-10-8-15(9-11-18)14-24(27)20(26)21(19(23)25)12-4-7-17(13-21)16-5-2-1-3-6-16/h1-11,13,27H,12,14H2,(H2,23,25). The Labute approximate surface area is 165 Å². The van der Waals surface area contributed by atoms with E-state index in [-0.39, 0.29) is 13.0 Å². The summed E-state index contributed by atoms with van der Waals surface area (Å²) in [6, 6.07) is 16.6. The maximum atomic E-state index is 13.0.